The van der Waals surface area contributed by atoms with E-state index in [9.17, 15) is 4.39 Å². The number of para-hydroxylation sites is 1. The molecule has 19 heavy (non-hydrogen) atoms. The summed E-state index contributed by atoms with van der Waals surface area (Å²) in [6.45, 7) is 0.507. The zero-order valence-corrected chi connectivity index (χ0v) is 10.1. The maximum absolute atomic E-state index is 12.8. The SMILES string of the molecule is Nc1cccc2oc(NCc3ccc(F)cc3)nc12. The molecule has 3 aromatic rings. The van der Waals surface area contributed by atoms with Crippen LogP contribution in [0.4, 0.5) is 16.1 Å². The summed E-state index contributed by atoms with van der Waals surface area (Å²) >= 11 is 0. The van der Waals surface area contributed by atoms with E-state index in [2.05, 4.69) is 10.3 Å². The van der Waals surface area contributed by atoms with Crippen LogP contribution in [0.5, 0.6) is 0 Å². The van der Waals surface area contributed by atoms with Crippen molar-refractivity contribution < 1.29 is 8.81 Å². The number of nitrogens with two attached hydrogens (primary N) is 1. The topological polar surface area (TPSA) is 64.1 Å². The molecule has 0 aliphatic carbocycles. The smallest absolute Gasteiger partial charge is 0.296 e. The van der Waals surface area contributed by atoms with E-state index in [4.69, 9.17) is 10.2 Å². The number of aromatic nitrogens is 1. The van der Waals surface area contributed by atoms with Gasteiger partial charge in [-0.3, -0.25) is 0 Å². The molecular formula is C14H12FN3O. The van der Waals surface area contributed by atoms with E-state index in [0.29, 0.717) is 29.3 Å². The van der Waals surface area contributed by atoms with Gasteiger partial charge in [0, 0.05) is 6.54 Å². The van der Waals surface area contributed by atoms with Crippen molar-refractivity contribution in [3.8, 4) is 0 Å². The van der Waals surface area contributed by atoms with Gasteiger partial charge in [0.1, 0.15) is 11.3 Å². The van der Waals surface area contributed by atoms with Crippen LogP contribution in [0.25, 0.3) is 11.1 Å². The van der Waals surface area contributed by atoms with Gasteiger partial charge < -0.3 is 15.5 Å². The minimum atomic E-state index is -0.251. The largest absolute Gasteiger partial charge is 0.423 e. The van der Waals surface area contributed by atoms with Gasteiger partial charge in [-0.1, -0.05) is 18.2 Å². The first-order chi connectivity index (χ1) is 9.22. The van der Waals surface area contributed by atoms with E-state index < -0.39 is 0 Å². The van der Waals surface area contributed by atoms with Crippen LogP contribution in [0.1, 0.15) is 5.56 Å². The van der Waals surface area contributed by atoms with Gasteiger partial charge in [-0.15, -0.1) is 0 Å². The molecule has 0 unspecified atom stereocenters. The minimum absolute atomic E-state index is 0.251. The summed E-state index contributed by atoms with van der Waals surface area (Å²) in [4.78, 5) is 4.27. The second-order valence-corrected chi connectivity index (χ2v) is 4.19. The van der Waals surface area contributed by atoms with Crippen molar-refractivity contribution in [1.82, 2.24) is 4.98 Å². The third-order valence-corrected chi connectivity index (χ3v) is 2.81. The molecule has 0 amide bonds. The molecule has 0 saturated heterocycles. The van der Waals surface area contributed by atoms with Crippen LogP contribution in [-0.2, 0) is 6.54 Å². The maximum atomic E-state index is 12.8. The first kappa shape index (κ1) is 11.5. The Morgan fingerprint density at radius 3 is 2.68 bits per heavy atom. The minimum Gasteiger partial charge on any atom is -0.423 e. The van der Waals surface area contributed by atoms with E-state index >= 15 is 0 Å². The lowest BCUT2D eigenvalue weighted by Gasteiger charge is -2.01. The summed E-state index contributed by atoms with van der Waals surface area (Å²) in [7, 11) is 0. The van der Waals surface area contributed by atoms with Crippen molar-refractivity contribution in [3.05, 3.63) is 53.8 Å². The van der Waals surface area contributed by atoms with Gasteiger partial charge in [-0.2, -0.15) is 4.98 Å². The van der Waals surface area contributed by atoms with Crippen LogP contribution in [0.3, 0.4) is 0 Å². The van der Waals surface area contributed by atoms with Gasteiger partial charge in [0.2, 0.25) is 0 Å². The summed E-state index contributed by atoms with van der Waals surface area (Å²) in [6, 6.07) is 12.0. The third-order valence-electron chi connectivity index (χ3n) is 2.81. The van der Waals surface area contributed by atoms with Gasteiger partial charge in [-0.05, 0) is 29.8 Å². The molecule has 0 saturated carbocycles. The van der Waals surface area contributed by atoms with Crippen LogP contribution in [0, 0.1) is 5.82 Å². The average Bonchev–Trinajstić information content (AvgIpc) is 2.83. The number of benzene rings is 2. The number of oxazole rings is 1. The second kappa shape index (κ2) is 4.61. The molecule has 0 fully saturated rings. The highest BCUT2D eigenvalue weighted by atomic mass is 19.1. The van der Waals surface area contributed by atoms with Crippen LogP contribution in [0.2, 0.25) is 0 Å². The molecule has 0 aliphatic heterocycles. The highest BCUT2D eigenvalue weighted by molar-refractivity contribution is 5.86. The Balaban J connectivity index is 1.78. The summed E-state index contributed by atoms with van der Waals surface area (Å²) in [6.07, 6.45) is 0. The summed E-state index contributed by atoms with van der Waals surface area (Å²) < 4.78 is 18.3. The monoisotopic (exact) mass is 257 g/mol. The summed E-state index contributed by atoms with van der Waals surface area (Å²) in [5.74, 6) is -0.251. The standard InChI is InChI=1S/C14H12FN3O/c15-10-6-4-9(5-7-10)8-17-14-18-13-11(16)2-1-3-12(13)19-14/h1-7H,8,16H2,(H,17,18). The highest BCUT2D eigenvalue weighted by Crippen LogP contribution is 2.23. The number of nitrogens with one attached hydrogen (secondary N) is 1. The Morgan fingerprint density at radius 2 is 1.95 bits per heavy atom. The predicted molar refractivity (Wildman–Crippen MR) is 72.1 cm³/mol. The Morgan fingerprint density at radius 1 is 1.16 bits per heavy atom. The molecule has 0 aliphatic rings. The quantitative estimate of drug-likeness (QED) is 0.707. The van der Waals surface area contributed by atoms with Gasteiger partial charge >= 0.3 is 0 Å². The fourth-order valence-electron chi connectivity index (χ4n) is 1.83. The van der Waals surface area contributed by atoms with Gasteiger partial charge in [0.05, 0.1) is 5.69 Å². The number of anilines is 2. The maximum Gasteiger partial charge on any atom is 0.296 e. The molecule has 4 nitrogen and oxygen atoms in total. The van der Waals surface area contributed by atoms with Crippen molar-refractivity contribution in [2.75, 3.05) is 11.1 Å². The number of nitrogen functional groups attached to an aromatic ring is 1. The molecule has 1 heterocycles. The van der Waals surface area contributed by atoms with Gasteiger partial charge in [0.25, 0.3) is 6.01 Å². The van der Waals surface area contributed by atoms with Crippen LogP contribution in [0.15, 0.2) is 46.9 Å². The molecule has 5 heteroatoms. The number of hydrogen-bond donors (Lipinski definition) is 2. The van der Waals surface area contributed by atoms with E-state index in [-0.39, 0.29) is 5.82 Å². The van der Waals surface area contributed by atoms with E-state index in [1.807, 2.05) is 12.1 Å². The van der Waals surface area contributed by atoms with E-state index in [0.717, 1.165) is 5.56 Å². The average molecular weight is 257 g/mol. The lowest BCUT2D eigenvalue weighted by molar-refractivity contribution is 0.614. The van der Waals surface area contributed by atoms with Gasteiger partial charge in [0.15, 0.2) is 5.58 Å². The van der Waals surface area contributed by atoms with E-state index in [1.165, 1.54) is 12.1 Å². The molecule has 2 aromatic carbocycles. The molecule has 0 radical (unpaired) electrons. The number of rotatable bonds is 3. The number of fused-ring (bicyclic) bond motifs is 1. The first-order valence-corrected chi connectivity index (χ1v) is 5.86. The van der Waals surface area contributed by atoms with Crippen molar-refractivity contribution in [2.24, 2.45) is 0 Å². The molecule has 1 aromatic heterocycles. The molecular weight excluding hydrogens is 245 g/mol. The van der Waals surface area contributed by atoms with Crippen molar-refractivity contribution >= 4 is 22.8 Å². The number of halogens is 1. The van der Waals surface area contributed by atoms with Crippen molar-refractivity contribution in [2.45, 2.75) is 6.54 Å². The Bertz CT molecular complexity index is 706. The zero-order chi connectivity index (χ0) is 13.2. The third kappa shape index (κ3) is 2.35. The first-order valence-electron chi connectivity index (χ1n) is 5.86. The Kier molecular flexibility index (Phi) is 2.79. The van der Waals surface area contributed by atoms with Crippen molar-refractivity contribution in [3.63, 3.8) is 0 Å². The Labute approximate surface area is 109 Å². The Hall–Kier alpha value is -2.56. The summed E-state index contributed by atoms with van der Waals surface area (Å²) in [5.41, 5.74) is 8.61. The zero-order valence-electron chi connectivity index (χ0n) is 10.1. The highest BCUT2D eigenvalue weighted by Gasteiger charge is 2.07. The lowest BCUT2D eigenvalue weighted by atomic mass is 10.2. The van der Waals surface area contributed by atoms with Gasteiger partial charge in [-0.25, -0.2) is 4.39 Å². The fraction of sp³-hybridized carbons (Fsp3) is 0.0714. The fourth-order valence-corrected chi connectivity index (χ4v) is 1.83. The molecule has 3 rings (SSSR count). The number of nitrogens with zero attached hydrogens (tertiary/aromatic N) is 1. The molecule has 0 atom stereocenters. The van der Waals surface area contributed by atoms with Crippen LogP contribution < -0.4 is 11.1 Å². The molecule has 0 bridgehead atoms. The molecule has 3 N–H and O–H groups in total. The second-order valence-electron chi connectivity index (χ2n) is 4.19. The molecule has 0 spiro atoms. The lowest BCUT2D eigenvalue weighted by Crippen LogP contribution is -1.99. The predicted octanol–water partition coefficient (Wildman–Crippen LogP) is 3.16. The van der Waals surface area contributed by atoms with Crippen LogP contribution >= 0.6 is 0 Å². The molecule has 96 valence electrons. The number of hydrogen-bond acceptors (Lipinski definition) is 4. The van der Waals surface area contributed by atoms with Crippen LogP contribution in [-0.4, -0.2) is 4.98 Å². The summed E-state index contributed by atoms with van der Waals surface area (Å²) in [5, 5.41) is 3.04. The van der Waals surface area contributed by atoms with E-state index in [1.54, 1.807) is 18.2 Å². The van der Waals surface area contributed by atoms with Crippen molar-refractivity contribution in [1.29, 1.82) is 0 Å². The normalized spacial score (nSPS) is 10.8.